The fourth-order valence-corrected chi connectivity index (χ4v) is 3.36. The van der Waals surface area contributed by atoms with Gasteiger partial charge in [-0.2, -0.15) is 5.26 Å². The maximum atomic E-state index is 12.6. The van der Waals surface area contributed by atoms with Crippen molar-refractivity contribution in [1.29, 1.82) is 5.26 Å². The molecule has 1 aliphatic heterocycles. The predicted octanol–water partition coefficient (Wildman–Crippen LogP) is 1.26. The van der Waals surface area contributed by atoms with Crippen molar-refractivity contribution in [2.24, 2.45) is 0 Å². The maximum absolute atomic E-state index is 12.6. The van der Waals surface area contributed by atoms with Crippen LogP contribution in [0.4, 0.5) is 5.69 Å². The Labute approximate surface area is 167 Å². The minimum Gasteiger partial charge on any atom is -0.490 e. The quantitative estimate of drug-likeness (QED) is 0.751. The van der Waals surface area contributed by atoms with E-state index < -0.39 is 23.7 Å². The Balaban J connectivity index is 1.85. The van der Waals surface area contributed by atoms with E-state index in [1.54, 1.807) is 18.2 Å². The minimum atomic E-state index is -0.734. The first kappa shape index (κ1) is 20.2. The Hall–Kier alpha value is -3.54. The molecule has 2 aromatic rings. The second-order valence-electron chi connectivity index (χ2n) is 6.44. The summed E-state index contributed by atoms with van der Waals surface area (Å²) in [6.07, 6.45) is 1.19. The molecule has 1 amide bonds. The average molecular weight is 398 g/mol. The van der Waals surface area contributed by atoms with Crippen LogP contribution in [0.15, 0.2) is 27.8 Å². The van der Waals surface area contributed by atoms with Crippen molar-refractivity contribution in [3.63, 3.8) is 0 Å². The van der Waals surface area contributed by atoms with Gasteiger partial charge in [0.2, 0.25) is 5.91 Å². The van der Waals surface area contributed by atoms with Crippen molar-refractivity contribution in [2.75, 3.05) is 18.5 Å². The number of fused-ring (bicyclic) bond motifs is 1. The number of rotatable bonds is 7. The van der Waals surface area contributed by atoms with Gasteiger partial charge in [0.05, 0.1) is 13.2 Å². The summed E-state index contributed by atoms with van der Waals surface area (Å²) in [7, 11) is 0. The van der Waals surface area contributed by atoms with Crippen LogP contribution in [0.3, 0.4) is 0 Å². The van der Waals surface area contributed by atoms with E-state index in [2.05, 4.69) is 5.32 Å². The second-order valence-corrected chi connectivity index (χ2v) is 6.44. The summed E-state index contributed by atoms with van der Waals surface area (Å²) in [6.45, 7) is 4.54. The number of ether oxygens (including phenoxy) is 2. The number of benzene rings is 1. The van der Waals surface area contributed by atoms with Crippen molar-refractivity contribution < 1.29 is 14.3 Å². The molecule has 0 saturated carbocycles. The predicted molar refractivity (Wildman–Crippen MR) is 105 cm³/mol. The Morgan fingerprint density at radius 1 is 1.21 bits per heavy atom. The van der Waals surface area contributed by atoms with Crippen molar-refractivity contribution >= 4 is 11.6 Å². The molecule has 1 aliphatic rings. The summed E-state index contributed by atoms with van der Waals surface area (Å²) >= 11 is 0. The molecule has 0 radical (unpaired) electrons. The number of aromatic nitrogens is 2. The summed E-state index contributed by atoms with van der Waals surface area (Å²) < 4.78 is 13.2. The topological polar surface area (TPSA) is 115 Å². The van der Waals surface area contributed by atoms with Gasteiger partial charge >= 0.3 is 5.69 Å². The highest BCUT2D eigenvalue weighted by Crippen LogP contribution is 2.30. The molecule has 0 bridgehead atoms. The molecule has 0 saturated heterocycles. The van der Waals surface area contributed by atoms with E-state index in [1.165, 1.54) is 4.57 Å². The molecular weight excluding hydrogens is 376 g/mol. The van der Waals surface area contributed by atoms with Crippen molar-refractivity contribution in [3.05, 3.63) is 50.3 Å². The summed E-state index contributed by atoms with van der Waals surface area (Å²) in [4.78, 5) is 37.6. The molecule has 29 heavy (non-hydrogen) atoms. The molecule has 1 N–H and O–H groups in total. The fourth-order valence-electron chi connectivity index (χ4n) is 3.36. The van der Waals surface area contributed by atoms with E-state index in [4.69, 9.17) is 9.47 Å². The molecule has 0 atom stereocenters. The number of hydrogen-bond donors (Lipinski definition) is 1. The SMILES string of the molecule is CCOc1ccc(NC(=O)Cn2c(=O)c(C#N)c3n(c2=O)CCC3)cc1OCC. The van der Waals surface area contributed by atoms with Crippen LogP contribution in [0, 0.1) is 11.3 Å². The van der Waals surface area contributed by atoms with E-state index in [0.29, 0.717) is 55.5 Å². The molecule has 0 spiro atoms. The zero-order valence-electron chi connectivity index (χ0n) is 16.4. The lowest BCUT2D eigenvalue weighted by atomic mass is 10.2. The molecular formula is C20H22N4O5. The third-order valence-electron chi connectivity index (χ3n) is 4.57. The van der Waals surface area contributed by atoms with Crippen LogP contribution >= 0.6 is 0 Å². The van der Waals surface area contributed by atoms with Crippen LogP contribution < -0.4 is 26.0 Å². The van der Waals surface area contributed by atoms with Gasteiger partial charge in [0.25, 0.3) is 5.56 Å². The highest BCUT2D eigenvalue weighted by atomic mass is 16.5. The van der Waals surface area contributed by atoms with Crippen LogP contribution in [-0.4, -0.2) is 28.3 Å². The molecule has 0 unspecified atom stereocenters. The molecule has 0 aliphatic carbocycles. The van der Waals surface area contributed by atoms with Gasteiger partial charge in [-0.1, -0.05) is 0 Å². The number of amides is 1. The zero-order valence-corrected chi connectivity index (χ0v) is 16.4. The molecule has 2 heterocycles. The number of anilines is 1. The third-order valence-corrected chi connectivity index (χ3v) is 4.57. The number of carbonyl (C=O) groups excluding carboxylic acids is 1. The van der Waals surface area contributed by atoms with Crippen molar-refractivity contribution in [2.45, 2.75) is 39.8 Å². The zero-order chi connectivity index (χ0) is 21.0. The van der Waals surface area contributed by atoms with Crippen molar-refractivity contribution in [1.82, 2.24) is 9.13 Å². The summed E-state index contributed by atoms with van der Waals surface area (Å²) in [6, 6.07) is 6.81. The van der Waals surface area contributed by atoms with E-state index >= 15 is 0 Å². The lowest BCUT2D eigenvalue weighted by Gasteiger charge is -2.14. The van der Waals surface area contributed by atoms with Crippen LogP contribution in [0.2, 0.25) is 0 Å². The number of carbonyl (C=O) groups is 1. The van der Waals surface area contributed by atoms with Crippen LogP contribution in [0.5, 0.6) is 11.5 Å². The van der Waals surface area contributed by atoms with Gasteiger partial charge in [-0.05, 0) is 38.8 Å². The lowest BCUT2D eigenvalue weighted by molar-refractivity contribution is -0.116. The van der Waals surface area contributed by atoms with E-state index in [-0.39, 0.29) is 5.56 Å². The summed E-state index contributed by atoms with van der Waals surface area (Å²) in [5, 5.41) is 12.0. The van der Waals surface area contributed by atoms with Gasteiger partial charge in [-0.3, -0.25) is 14.2 Å². The smallest absolute Gasteiger partial charge is 0.331 e. The summed E-state index contributed by atoms with van der Waals surface area (Å²) in [5.41, 5.74) is -0.487. The Kier molecular flexibility index (Phi) is 6.02. The van der Waals surface area contributed by atoms with Crippen LogP contribution in [0.1, 0.15) is 31.5 Å². The van der Waals surface area contributed by atoms with Gasteiger partial charge in [0.1, 0.15) is 18.2 Å². The highest BCUT2D eigenvalue weighted by molar-refractivity contribution is 5.91. The first-order valence-corrected chi connectivity index (χ1v) is 9.46. The second kappa shape index (κ2) is 8.65. The molecule has 3 rings (SSSR count). The number of nitriles is 1. The average Bonchev–Trinajstić information content (AvgIpc) is 3.18. The minimum absolute atomic E-state index is 0.0744. The highest BCUT2D eigenvalue weighted by Gasteiger charge is 2.23. The standard InChI is InChI=1S/C20H22N4O5/c1-3-28-16-8-7-13(10-17(16)29-4-2)22-18(25)12-24-19(26)14(11-21)15-6-5-9-23(15)20(24)27/h7-8,10H,3-6,9,12H2,1-2H3,(H,22,25). The van der Waals surface area contributed by atoms with Crippen molar-refractivity contribution in [3.8, 4) is 17.6 Å². The normalized spacial score (nSPS) is 12.2. The van der Waals surface area contributed by atoms with E-state index in [0.717, 1.165) is 4.57 Å². The molecule has 1 aromatic carbocycles. The van der Waals surface area contributed by atoms with E-state index in [9.17, 15) is 19.6 Å². The number of nitrogens with zero attached hydrogens (tertiary/aromatic N) is 3. The maximum Gasteiger partial charge on any atom is 0.331 e. The van der Waals surface area contributed by atoms with Gasteiger partial charge in [-0.25, -0.2) is 9.36 Å². The number of hydrogen-bond acceptors (Lipinski definition) is 6. The van der Waals surface area contributed by atoms with Gasteiger partial charge in [0.15, 0.2) is 11.5 Å². The first-order valence-electron chi connectivity index (χ1n) is 9.46. The molecule has 1 aromatic heterocycles. The Morgan fingerprint density at radius 2 is 1.93 bits per heavy atom. The monoisotopic (exact) mass is 398 g/mol. The fraction of sp³-hybridized carbons (Fsp3) is 0.400. The first-order chi connectivity index (χ1) is 14.0. The third kappa shape index (κ3) is 4.01. The van der Waals surface area contributed by atoms with Gasteiger partial charge in [0, 0.05) is 24.0 Å². The summed E-state index contributed by atoms with van der Waals surface area (Å²) in [5.74, 6) is 0.478. The van der Waals surface area contributed by atoms with E-state index in [1.807, 2.05) is 19.9 Å². The molecule has 9 nitrogen and oxygen atoms in total. The molecule has 0 fully saturated rings. The Morgan fingerprint density at radius 3 is 2.62 bits per heavy atom. The van der Waals surface area contributed by atoms with Crippen LogP contribution in [-0.2, 0) is 24.3 Å². The lowest BCUT2D eigenvalue weighted by Crippen LogP contribution is -2.44. The van der Waals surface area contributed by atoms with Gasteiger partial charge < -0.3 is 14.8 Å². The largest absolute Gasteiger partial charge is 0.490 e. The number of nitrogens with one attached hydrogen (secondary N) is 1. The molecule has 152 valence electrons. The molecule has 9 heteroatoms. The Bertz CT molecular complexity index is 1090. The van der Waals surface area contributed by atoms with Crippen LogP contribution in [0.25, 0.3) is 0 Å². The van der Waals surface area contributed by atoms with Gasteiger partial charge in [-0.15, -0.1) is 0 Å².